The van der Waals surface area contributed by atoms with Gasteiger partial charge in [-0.25, -0.2) is 4.98 Å². The molecule has 4 rings (SSSR count). The SMILES string of the molecule is CNC(=O)c1cc(Oc2ccc3nc(NC(=O)c4cccc(OC(F)(F)F)c4)nnc3c2)ccn1. The van der Waals surface area contributed by atoms with Crippen molar-refractivity contribution in [3.05, 3.63) is 72.1 Å². The van der Waals surface area contributed by atoms with Crippen LogP contribution in [-0.4, -0.2) is 45.4 Å². The number of alkyl halides is 3. The first-order chi connectivity index (χ1) is 16.7. The third-order valence-corrected chi connectivity index (χ3v) is 4.41. The van der Waals surface area contributed by atoms with Gasteiger partial charge in [0.2, 0.25) is 5.95 Å². The largest absolute Gasteiger partial charge is 0.573 e. The Kier molecular flexibility index (Phi) is 6.40. The fourth-order valence-electron chi connectivity index (χ4n) is 2.90. The van der Waals surface area contributed by atoms with Gasteiger partial charge in [0.05, 0.1) is 5.52 Å². The summed E-state index contributed by atoms with van der Waals surface area (Å²) >= 11 is 0. The molecule has 0 bridgehead atoms. The van der Waals surface area contributed by atoms with Crippen molar-refractivity contribution in [1.82, 2.24) is 25.5 Å². The summed E-state index contributed by atoms with van der Waals surface area (Å²) in [5, 5.41) is 12.7. The number of pyridine rings is 1. The number of amides is 2. The Labute approximate surface area is 195 Å². The van der Waals surface area contributed by atoms with E-state index in [0.29, 0.717) is 22.5 Å². The quantitative estimate of drug-likeness (QED) is 0.424. The van der Waals surface area contributed by atoms with E-state index in [-0.39, 0.29) is 23.1 Å². The van der Waals surface area contributed by atoms with Crippen LogP contribution in [0.3, 0.4) is 0 Å². The Bertz CT molecular complexity index is 1410. The predicted molar refractivity (Wildman–Crippen MR) is 116 cm³/mol. The van der Waals surface area contributed by atoms with Crippen molar-refractivity contribution in [3.63, 3.8) is 0 Å². The van der Waals surface area contributed by atoms with Gasteiger partial charge < -0.3 is 14.8 Å². The smallest absolute Gasteiger partial charge is 0.457 e. The number of benzene rings is 2. The van der Waals surface area contributed by atoms with Crippen molar-refractivity contribution in [1.29, 1.82) is 0 Å². The van der Waals surface area contributed by atoms with Crippen LogP contribution in [0.4, 0.5) is 19.1 Å². The third kappa shape index (κ3) is 5.96. The second kappa shape index (κ2) is 9.59. The number of rotatable bonds is 6. The molecule has 0 aliphatic heterocycles. The molecule has 13 heteroatoms. The van der Waals surface area contributed by atoms with E-state index in [1.165, 1.54) is 31.4 Å². The van der Waals surface area contributed by atoms with Crippen LogP contribution in [0, 0.1) is 0 Å². The van der Waals surface area contributed by atoms with E-state index >= 15 is 0 Å². The average Bonchev–Trinajstić information content (AvgIpc) is 2.83. The van der Waals surface area contributed by atoms with Gasteiger partial charge in [-0.1, -0.05) is 6.07 Å². The molecule has 2 heterocycles. The lowest BCUT2D eigenvalue weighted by Gasteiger charge is -2.10. The molecule has 178 valence electrons. The van der Waals surface area contributed by atoms with Crippen LogP contribution >= 0.6 is 0 Å². The number of anilines is 1. The summed E-state index contributed by atoms with van der Waals surface area (Å²) in [7, 11) is 1.49. The molecule has 0 aliphatic carbocycles. The summed E-state index contributed by atoms with van der Waals surface area (Å²) in [4.78, 5) is 32.3. The molecule has 10 nitrogen and oxygen atoms in total. The number of nitrogens with zero attached hydrogens (tertiary/aromatic N) is 4. The summed E-state index contributed by atoms with van der Waals surface area (Å²) in [6.07, 6.45) is -3.45. The van der Waals surface area contributed by atoms with Crippen molar-refractivity contribution in [2.45, 2.75) is 6.36 Å². The van der Waals surface area contributed by atoms with Crippen LogP contribution < -0.4 is 20.1 Å². The molecule has 0 aliphatic rings. The van der Waals surface area contributed by atoms with Crippen molar-refractivity contribution in [2.24, 2.45) is 0 Å². The van der Waals surface area contributed by atoms with Gasteiger partial charge >= 0.3 is 6.36 Å². The molecule has 0 unspecified atom stereocenters. The molecule has 2 aromatic heterocycles. The van der Waals surface area contributed by atoms with E-state index in [1.54, 1.807) is 24.3 Å². The maximum absolute atomic E-state index is 12.4. The zero-order chi connectivity index (χ0) is 25.0. The summed E-state index contributed by atoms with van der Waals surface area (Å²) in [6.45, 7) is 0. The number of hydrogen-bond donors (Lipinski definition) is 2. The molecule has 2 N–H and O–H groups in total. The molecule has 4 aromatic rings. The van der Waals surface area contributed by atoms with Gasteiger partial charge in [0.25, 0.3) is 11.8 Å². The number of aromatic nitrogens is 4. The van der Waals surface area contributed by atoms with Crippen molar-refractivity contribution in [2.75, 3.05) is 12.4 Å². The third-order valence-electron chi connectivity index (χ3n) is 4.41. The highest BCUT2D eigenvalue weighted by atomic mass is 19.4. The molecule has 0 saturated heterocycles. The van der Waals surface area contributed by atoms with Crippen LogP contribution in [0.15, 0.2) is 60.8 Å². The number of carbonyl (C=O) groups is 2. The number of halogens is 3. The van der Waals surface area contributed by atoms with Gasteiger partial charge in [0.1, 0.15) is 28.5 Å². The predicted octanol–water partition coefficient (Wildman–Crippen LogP) is 3.72. The second-order valence-corrected chi connectivity index (χ2v) is 6.87. The number of nitrogens with one attached hydrogen (secondary N) is 2. The maximum Gasteiger partial charge on any atom is 0.573 e. The van der Waals surface area contributed by atoms with Crippen molar-refractivity contribution < 1.29 is 32.2 Å². The Morgan fingerprint density at radius 2 is 1.69 bits per heavy atom. The monoisotopic (exact) mass is 484 g/mol. The Morgan fingerprint density at radius 3 is 2.46 bits per heavy atom. The molecule has 2 amide bonds. The van der Waals surface area contributed by atoms with E-state index < -0.39 is 18.0 Å². The minimum Gasteiger partial charge on any atom is -0.457 e. The van der Waals surface area contributed by atoms with Gasteiger partial charge in [-0.3, -0.25) is 19.9 Å². The lowest BCUT2D eigenvalue weighted by molar-refractivity contribution is -0.274. The van der Waals surface area contributed by atoms with E-state index in [9.17, 15) is 22.8 Å². The zero-order valence-electron chi connectivity index (χ0n) is 17.8. The molecular formula is C22H15F3N6O4. The van der Waals surface area contributed by atoms with Crippen molar-refractivity contribution in [3.8, 4) is 17.2 Å². The van der Waals surface area contributed by atoms with Gasteiger partial charge in [0.15, 0.2) is 0 Å². The van der Waals surface area contributed by atoms with E-state index in [1.807, 2.05) is 0 Å². The molecule has 0 atom stereocenters. The highest BCUT2D eigenvalue weighted by Gasteiger charge is 2.31. The van der Waals surface area contributed by atoms with Crippen LogP contribution in [0.1, 0.15) is 20.8 Å². The minimum absolute atomic E-state index is 0.0901. The number of carbonyl (C=O) groups excluding carboxylic acids is 2. The molecule has 0 radical (unpaired) electrons. The van der Waals surface area contributed by atoms with E-state index in [4.69, 9.17) is 4.74 Å². The maximum atomic E-state index is 12.4. The Morgan fingerprint density at radius 1 is 0.886 bits per heavy atom. The molecule has 0 fully saturated rings. The second-order valence-electron chi connectivity index (χ2n) is 6.87. The van der Waals surface area contributed by atoms with Crippen LogP contribution in [0.5, 0.6) is 17.2 Å². The summed E-state index contributed by atoms with van der Waals surface area (Å²) in [5.41, 5.74) is 0.815. The van der Waals surface area contributed by atoms with Crippen LogP contribution in [0.25, 0.3) is 11.0 Å². The standard InChI is InChI=1S/C22H15F3N6O4/c1-26-20(33)18-11-14(7-8-27-18)34-13-5-6-16-17(10-13)30-31-21(28-16)29-19(32)12-3-2-4-15(9-12)35-22(23,24)25/h2-11H,1H3,(H,26,33)(H,28,29,31,32). The molecule has 2 aromatic carbocycles. The first-order valence-corrected chi connectivity index (χ1v) is 9.88. The fraction of sp³-hybridized carbons (Fsp3) is 0.0909. The summed E-state index contributed by atoms with van der Waals surface area (Å²) in [5.74, 6) is -1.03. The zero-order valence-corrected chi connectivity index (χ0v) is 17.8. The van der Waals surface area contributed by atoms with Crippen LogP contribution in [0.2, 0.25) is 0 Å². The lowest BCUT2D eigenvalue weighted by Crippen LogP contribution is -2.18. The Balaban J connectivity index is 1.48. The highest BCUT2D eigenvalue weighted by molar-refractivity contribution is 6.03. The molecule has 35 heavy (non-hydrogen) atoms. The minimum atomic E-state index is -4.88. The summed E-state index contributed by atoms with van der Waals surface area (Å²) in [6, 6.07) is 12.4. The van der Waals surface area contributed by atoms with E-state index in [2.05, 4.69) is 35.5 Å². The van der Waals surface area contributed by atoms with Gasteiger partial charge in [-0.05, 0) is 36.4 Å². The van der Waals surface area contributed by atoms with E-state index in [0.717, 1.165) is 12.1 Å². The van der Waals surface area contributed by atoms with Crippen LogP contribution in [-0.2, 0) is 0 Å². The lowest BCUT2D eigenvalue weighted by atomic mass is 10.2. The first-order valence-electron chi connectivity index (χ1n) is 9.88. The van der Waals surface area contributed by atoms with Gasteiger partial charge in [-0.15, -0.1) is 23.4 Å². The fourth-order valence-corrected chi connectivity index (χ4v) is 2.90. The average molecular weight is 484 g/mol. The first kappa shape index (κ1) is 23.4. The normalized spacial score (nSPS) is 11.1. The number of hydrogen-bond acceptors (Lipinski definition) is 8. The highest BCUT2D eigenvalue weighted by Crippen LogP contribution is 2.25. The molecule has 0 spiro atoms. The number of ether oxygens (including phenoxy) is 2. The molecular weight excluding hydrogens is 469 g/mol. The van der Waals surface area contributed by atoms with Gasteiger partial charge in [-0.2, -0.15) is 0 Å². The Hall–Kier alpha value is -4.81. The molecule has 0 saturated carbocycles. The number of fused-ring (bicyclic) bond motifs is 1. The van der Waals surface area contributed by atoms with Crippen molar-refractivity contribution >= 4 is 28.8 Å². The van der Waals surface area contributed by atoms with Gasteiger partial charge in [0, 0.05) is 30.9 Å². The summed E-state index contributed by atoms with van der Waals surface area (Å²) < 4.78 is 46.8. The topological polar surface area (TPSA) is 128 Å².